The summed E-state index contributed by atoms with van der Waals surface area (Å²) in [6.07, 6.45) is -0.219. The molecule has 0 heterocycles. The molecule has 116 valence electrons. The van der Waals surface area contributed by atoms with Gasteiger partial charge in [0, 0.05) is 19.3 Å². The van der Waals surface area contributed by atoms with Crippen molar-refractivity contribution < 1.29 is 9.59 Å². The van der Waals surface area contributed by atoms with Gasteiger partial charge in [0.05, 0.1) is 11.6 Å². The van der Waals surface area contributed by atoms with E-state index in [0.717, 1.165) is 5.56 Å². The van der Waals surface area contributed by atoms with Gasteiger partial charge in [-0.2, -0.15) is 5.26 Å². The third-order valence-corrected chi connectivity index (χ3v) is 3.30. The van der Waals surface area contributed by atoms with Gasteiger partial charge < -0.3 is 10.2 Å². The van der Waals surface area contributed by atoms with Crippen LogP contribution >= 0.6 is 0 Å². The van der Waals surface area contributed by atoms with Crippen molar-refractivity contribution in [3.63, 3.8) is 0 Å². The van der Waals surface area contributed by atoms with E-state index in [-0.39, 0.29) is 18.2 Å². The lowest BCUT2D eigenvalue weighted by Gasteiger charge is -2.17. The van der Waals surface area contributed by atoms with Crippen LogP contribution in [0.15, 0.2) is 54.6 Å². The van der Waals surface area contributed by atoms with Crippen molar-refractivity contribution in [2.45, 2.75) is 13.0 Å². The highest BCUT2D eigenvalue weighted by Gasteiger charge is 2.14. The van der Waals surface area contributed by atoms with Gasteiger partial charge in [-0.1, -0.05) is 30.3 Å². The van der Waals surface area contributed by atoms with Crippen LogP contribution in [0, 0.1) is 11.3 Å². The zero-order chi connectivity index (χ0) is 16.7. The van der Waals surface area contributed by atoms with E-state index in [1.807, 2.05) is 36.4 Å². The molecule has 0 saturated carbocycles. The van der Waals surface area contributed by atoms with E-state index in [0.29, 0.717) is 17.8 Å². The Hall–Kier alpha value is -3.13. The molecule has 5 heteroatoms. The van der Waals surface area contributed by atoms with Gasteiger partial charge >= 0.3 is 0 Å². The Morgan fingerprint density at radius 2 is 1.74 bits per heavy atom. The van der Waals surface area contributed by atoms with E-state index in [4.69, 9.17) is 5.26 Å². The molecule has 0 bridgehead atoms. The fourth-order valence-electron chi connectivity index (χ4n) is 2.05. The van der Waals surface area contributed by atoms with Crippen molar-refractivity contribution >= 4 is 17.5 Å². The third kappa shape index (κ3) is 4.97. The number of nitrogens with one attached hydrogen (secondary N) is 1. The molecule has 0 unspecified atom stereocenters. The highest BCUT2D eigenvalue weighted by atomic mass is 16.2. The Bertz CT molecular complexity index is 718. The first-order valence-electron chi connectivity index (χ1n) is 7.16. The number of nitrogens with zero attached hydrogens (tertiary/aromatic N) is 2. The number of anilines is 1. The highest BCUT2D eigenvalue weighted by Crippen LogP contribution is 2.10. The van der Waals surface area contributed by atoms with Crippen molar-refractivity contribution in [2.75, 3.05) is 12.4 Å². The number of benzene rings is 2. The standard InChI is InChI=1S/C18H17N3O2/c1-21(13-15-5-3-2-4-6-15)18(23)11-17(22)20-16-9-7-14(12-19)8-10-16/h2-10H,11,13H2,1H3,(H,20,22). The minimum Gasteiger partial charge on any atom is -0.341 e. The zero-order valence-electron chi connectivity index (χ0n) is 12.8. The Morgan fingerprint density at radius 1 is 1.09 bits per heavy atom. The lowest BCUT2D eigenvalue weighted by Crippen LogP contribution is -2.30. The SMILES string of the molecule is CN(Cc1ccccc1)C(=O)CC(=O)Nc1ccc(C#N)cc1. The summed E-state index contributed by atoms with van der Waals surface area (Å²) in [5.74, 6) is -0.625. The van der Waals surface area contributed by atoms with Crippen LogP contribution in [-0.2, 0) is 16.1 Å². The van der Waals surface area contributed by atoms with Crippen molar-refractivity contribution in [2.24, 2.45) is 0 Å². The second-order valence-corrected chi connectivity index (χ2v) is 5.15. The highest BCUT2D eigenvalue weighted by molar-refractivity contribution is 6.03. The topological polar surface area (TPSA) is 73.2 Å². The van der Waals surface area contributed by atoms with E-state index < -0.39 is 0 Å². The maximum Gasteiger partial charge on any atom is 0.233 e. The van der Waals surface area contributed by atoms with Gasteiger partial charge in [-0.15, -0.1) is 0 Å². The maximum atomic E-state index is 12.1. The first-order chi connectivity index (χ1) is 11.1. The molecule has 0 aromatic heterocycles. The summed E-state index contributed by atoms with van der Waals surface area (Å²) in [5, 5.41) is 11.4. The lowest BCUT2D eigenvalue weighted by molar-refractivity contribution is -0.133. The largest absolute Gasteiger partial charge is 0.341 e. The Kier molecular flexibility index (Phi) is 5.48. The second-order valence-electron chi connectivity index (χ2n) is 5.15. The molecule has 0 aliphatic carbocycles. The molecule has 0 spiro atoms. The minimum absolute atomic E-state index is 0.219. The minimum atomic E-state index is -0.375. The van der Waals surface area contributed by atoms with Gasteiger partial charge in [0.2, 0.25) is 11.8 Å². The van der Waals surface area contributed by atoms with Gasteiger partial charge in [0.25, 0.3) is 0 Å². The first-order valence-corrected chi connectivity index (χ1v) is 7.16. The third-order valence-electron chi connectivity index (χ3n) is 3.30. The molecule has 0 radical (unpaired) electrons. The van der Waals surface area contributed by atoms with Crippen LogP contribution < -0.4 is 5.32 Å². The number of rotatable bonds is 5. The van der Waals surface area contributed by atoms with Crippen LogP contribution in [0.5, 0.6) is 0 Å². The van der Waals surface area contributed by atoms with E-state index >= 15 is 0 Å². The van der Waals surface area contributed by atoms with E-state index in [2.05, 4.69) is 5.32 Å². The van der Waals surface area contributed by atoms with E-state index in [1.54, 1.807) is 31.3 Å². The van der Waals surface area contributed by atoms with Gasteiger partial charge in [-0.05, 0) is 29.8 Å². The van der Waals surface area contributed by atoms with Crippen LogP contribution in [0.1, 0.15) is 17.5 Å². The van der Waals surface area contributed by atoms with Crippen LogP contribution in [0.2, 0.25) is 0 Å². The van der Waals surface area contributed by atoms with Gasteiger partial charge in [0.1, 0.15) is 6.42 Å². The molecule has 5 nitrogen and oxygen atoms in total. The summed E-state index contributed by atoms with van der Waals surface area (Å²) in [6.45, 7) is 0.462. The second kappa shape index (κ2) is 7.76. The Balaban J connectivity index is 1.86. The molecule has 1 N–H and O–H groups in total. The van der Waals surface area contributed by atoms with Crippen molar-refractivity contribution in [1.82, 2.24) is 4.90 Å². The predicted octanol–water partition coefficient (Wildman–Crippen LogP) is 2.55. The zero-order valence-corrected chi connectivity index (χ0v) is 12.8. The summed E-state index contributed by atoms with van der Waals surface area (Å²) in [5.41, 5.74) is 2.09. The van der Waals surface area contributed by atoms with Crippen molar-refractivity contribution in [3.8, 4) is 6.07 Å². The number of hydrogen-bond donors (Lipinski definition) is 1. The average Bonchev–Trinajstić information content (AvgIpc) is 2.56. The molecule has 23 heavy (non-hydrogen) atoms. The fraction of sp³-hybridized carbons (Fsp3) is 0.167. The van der Waals surface area contributed by atoms with Gasteiger partial charge in [0.15, 0.2) is 0 Å². The summed E-state index contributed by atoms with van der Waals surface area (Å²) in [7, 11) is 1.67. The van der Waals surface area contributed by atoms with Gasteiger partial charge in [-0.3, -0.25) is 9.59 Å². The van der Waals surface area contributed by atoms with E-state index in [1.165, 1.54) is 4.90 Å². The molecule has 2 aromatic rings. The molecule has 2 rings (SSSR count). The number of carbonyl (C=O) groups excluding carboxylic acids is 2. The quantitative estimate of drug-likeness (QED) is 0.863. The van der Waals surface area contributed by atoms with Crippen LogP contribution in [0.25, 0.3) is 0 Å². The average molecular weight is 307 g/mol. The molecule has 2 amide bonds. The van der Waals surface area contributed by atoms with Crippen molar-refractivity contribution in [3.05, 3.63) is 65.7 Å². The van der Waals surface area contributed by atoms with Crippen LogP contribution in [0.4, 0.5) is 5.69 Å². The fourth-order valence-corrected chi connectivity index (χ4v) is 2.05. The number of carbonyl (C=O) groups is 2. The number of amides is 2. The smallest absolute Gasteiger partial charge is 0.233 e. The lowest BCUT2D eigenvalue weighted by atomic mass is 10.2. The first kappa shape index (κ1) is 16.2. The molecule has 2 aromatic carbocycles. The summed E-state index contributed by atoms with van der Waals surface area (Å²) >= 11 is 0. The number of nitriles is 1. The van der Waals surface area contributed by atoms with E-state index in [9.17, 15) is 9.59 Å². The van der Waals surface area contributed by atoms with Crippen LogP contribution in [-0.4, -0.2) is 23.8 Å². The molecule has 0 aliphatic heterocycles. The van der Waals surface area contributed by atoms with Crippen LogP contribution in [0.3, 0.4) is 0 Å². The molecular formula is C18H17N3O2. The van der Waals surface area contributed by atoms with Gasteiger partial charge in [-0.25, -0.2) is 0 Å². The summed E-state index contributed by atoms with van der Waals surface area (Å²) in [4.78, 5) is 25.5. The number of hydrogen-bond acceptors (Lipinski definition) is 3. The maximum absolute atomic E-state index is 12.1. The summed E-state index contributed by atoms with van der Waals surface area (Å²) < 4.78 is 0. The normalized spacial score (nSPS) is 9.74. The molecule has 0 atom stereocenters. The Labute approximate surface area is 135 Å². The monoisotopic (exact) mass is 307 g/mol. The predicted molar refractivity (Wildman–Crippen MR) is 87.3 cm³/mol. The summed E-state index contributed by atoms with van der Waals surface area (Å²) in [6, 6.07) is 18.1. The Morgan fingerprint density at radius 3 is 2.35 bits per heavy atom. The molecule has 0 aliphatic rings. The molecule has 0 saturated heterocycles. The molecule has 0 fully saturated rings. The van der Waals surface area contributed by atoms with Crippen molar-refractivity contribution in [1.29, 1.82) is 5.26 Å². The molecular weight excluding hydrogens is 290 g/mol.